The molecule has 0 atom stereocenters. The number of benzene rings is 2. The molecule has 33 heavy (non-hydrogen) atoms. The van der Waals surface area contributed by atoms with Crippen molar-refractivity contribution in [1.29, 1.82) is 0 Å². The van der Waals surface area contributed by atoms with Crippen LogP contribution in [0.1, 0.15) is 5.69 Å². The Kier molecular flexibility index (Phi) is 6.36. The standard InChI is InChI=1S/C23H23N5O4S/c1-14-11-20(27(2)26-14)25-21(29)13-33-23-24-17-8-6-5-7-16(17)22(30)28(23)15-9-10-18(31-3)19(12-15)32-4/h5-12H,13H2,1-4H3,(H,25,29). The third-order valence-corrected chi connectivity index (χ3v) is 5.91. The molecule has 1 amide bonds. The van der Waals surface area contributed by atoms with Crippen LogP contribution in [0.4, 0.5) is 5.82 Å². The maximum atomic E-state index is 13.4. The molecule has 0 spiro atoms. The number of nitrogens with one attached hydrogen (secondary N) is 1. The lowest BCUT2D eigenvalue weighted by Crippen LogP contribution is -2.23. The van der Waals surface area contributed by atoms with Gasteiger partial charge in [-0.1, -0.05) is 23.9 Å². The lowest BCUT2D eigenvalue weighted by atomic mass is 10.2. The van der Waals surface area contributed by atoms with Gasteiger partial charge < -0.3 is 14.8 Å². The number of hydrogen-bond acceptors (Lipinski definition) is 7. The van der Waals surface area contributed by atoms with Crippen molar-refractivity contribution in [3.8, 4) is 17.2 Å². The molecule has 9 nitrogen and oxygen atoms in total. The zero-order valence-electron chi connectivity index (χ0n) is 18.7. The number of anilines is 1. The van der Waals surface area contributed by atoms with E-state index in [1.807, 2.05) is 13.0 Å². The van der Waals surface area contributed by atoms with Gasteiger partial charge in [-0.2, -0.15) is 5.10 Å². The molecule has 0 fully saturated rings. The molecule has 0 aliphatic heterocycles. The van der Waals surface area contributed by atoms with Crippen LogP contribution in [0.3, 0.4) is 0 Å². The van der Waals surface area contributed by atoms with Gasteiger partial charge in [0.25, 0.3) is 5.56 Å². The highest BCUT2D eigenvalue weighted by Crippen LogP contribution is 2.30. The molecule has 2 heterocycles. The van der Waals surface area contributed by atoms with Crippen molar-refractivity contribution in [3.05, 3.63) is 64.6 Å². The van der Waals surface area contributed by atoms with E-state index in [1.54, 1.807) is 61.3 Å². The van der Waals surface area contributed by atoms with Crippen LogP contribution in [0, 0.1) is 6.92 Å². The Morgan fingerprint density at radius 1 is 1.09 bits per heavy atom. The lowest BCUT2D eigenvalue weighted by molar-refractivity contribution is -0.113. The molecule has 0 bridgehead atoms. The molecule has 4 aromatic rings. The van der Waals surface area contributed by atoms with Gasteiger partial charge in [0.2, 0.25) is 5.91 Å². The minimum absolute atomic E-state index is 0.0578. The number of amides is 1. The SMILES string of the molecule is COc1ccc(-n2c(SCC(=O)Nc3cc(C)nn3C)nc3ccccc3c2=O)cc1OC. The van der Waals surface area contributed by atoms with Gasteiger partial charge in [0.15, 0.2) is 16.7 Å². The summed E-state index contributed by atoms with van der Waals surface area (Å²) in [5, 5.41) is 7.93. The number of aromatic nitrogens is 4. The molecular weight excluding hydrogens is 442 g/mol. The predicted molar refractivity (Wildman–Crippen MR) is 128 cm³/mol. The summed E-state index contributed by atoms with van der Waals surface area (Å²) in [6, 6.07) is 14.1. The Morgan fingerprint density at radius 3 is 2.55 bits per heavy atom. The fourth-order valence-electron chi connectivity index (χ4n) is 3.44. The Balaban J connectivity index is 1.72. The average molecular weight is 466 g/mol. The first-order chi connectivity index (χ1) is 15.9. The molecule has 1 N–H and O–H groups in total. The smallest absolute Gasteiger partial charge is 0.266 e. The van der Waals surface area contributed by atoms with E-state index in [1.165, 1.54) is 23.4 Å². The zero-order valence-corrected chi connectivity index (χ0v) is 19.5. The molecule has 0 unspecified atom stereocenters. The van der Waals surface area contributed by atoms with E-state index in [0.717, 1.165) is 5.69 Å². The highest BCUT2D eigenvalue weighted by molar-refractivity contribution is 7.99. The van der Waals surface area contributed by atoms with Crippen LogP contribution in [0.15, 0.2) is 58.5 Å². The number of carbonyl (C=O) groups excluding carboxylic acids is 1. The second-order valence-electron chi connectivity index (χ2n) is 7.22. The van der Waals surface area contributed by atoms with Crippen molar-refractivity contribution in [2.45, 2.75) is 12.1 Å². The van der Waals surface area contributed by atoms with E-state index in [2.05, 4.69) is 15.4 Å². The molecule has 10 heteroatoms. The topological polar surface area (TPSA) is 100 Å². The first-order valence-electron chi connectivity index (χ1n) is 10.1. The molecule has 2 aromatic carbocycles. The summed E-state index contributed by atoms with van der Waals surface area (Å²) in [5.41, 5.74) is 1.68. The molecular formula is C23H23N5O4S. The van der Waals surface area contributed by atoms with Crippen molar-refractivity contribution in [2.24, 2.45) is 7.05 Å². The number of rotatable bonds is 7. The third kappa shape index (κ3) is 4.56. The molecule has 0 aliphatic carbocycles. The number of methoxy groups -OCH3 is 2. The molecule has 4 rings (SSSR count). The first-order valence-corrected chi connectivity index (χ1v) is 11.1. The number of para-hydroxylation sites is 1. The van der Waals surface area contributed by atoms with Crippen LogP contribution in [0.25, 0.3) is 16.6 Å². The predicted octanol–water partition coefficient (Wildman–Crippen LogP) is 3.18. The van der Waals surface area contributed by atoms with Crippen molar-refractivity contribution in [3.63, 3.8) is 0 Å². The second kappa shape index (κ2) is 9.37. The number of fused-ring (bicyclic) bond motifs is 1. The van der Waals surface area contributed by atoms with Crippen molar-refractivity contribution >= 4 is 34.4 Å². The van der Waals surface area contributed by atoms with Crippen molar-refractivity contribution < 1.29 is 14.3 Å². The van der Waals surface area contributed by atoms with Crippen molar-refractivity contribution in [1.82, 2.24) is 19.3 Å². The molecule has 2 aromatic heterocycles. The van der Waals surface area contributed by atoms with Crippen LogP contribution in [0.2, 0.25) is 0 Å². The minimum Gasteiger partial charge on any atom is -0.493 e. The van der Waals surface area contributed by atoms with Gasteiger partial charge in [-0.05, 0) is 31.2 Å². The molecule has 170 valence electrons. The summed E-state index contributed by atoms with van der Waals surface area (Å²) in [5.74, 6) is 1.45. The number of hydrogen-bond donors (Lipinski definition) is 1. The molecule has 0 radical (unpaired) electrons. The molecule has 0 saturated carbocycles. The van der Waals surface area contributed by atoms with Gasteiger partial charge in [-0.3, -0.25) is 18.8 Å². The average Bonchev–Trinajstić information content (AvgIpc) is 3.13. The Bertz CT molecular complexity index is 1400. The van der Waals surface area contributed by atoms with Gasteiger partial charge in [0.05, 0.1) is 42.3 Å². The quantitative estimate of drug-likeness (QED) is 0.330. The lowest BCUT2D eigenvalue weighted by Gasteiger charge is -2.15. The third-order valence-electron chi connectivity index (χ3n) is 4.97. The van der Waals surface area contributed by atoms with Crippen LogP contribution in [-0.4, -0.2) is 45.2 Å². The monoisotopic (exact) mass is 465 g/mol. The molecule has 0 aliphatic rings. The summed E-state index contributed by atoms with van der Waals surface area (Å²) in [4.78, 5) is 30.7. The summed E-state index contributed by atoms with van der Waals surface area (Å²) in [7, 11) is 4.84. The number of nitrogens with zero attached hydrogens (tertiary/aromatic N) is 4. The highest BCUT2D eigenvalue weighted by Gasteiger charge is 2.17. The maximum absolute atomic E-state index is 13.4. The Hall–Kier alpha value is -3.79. The first kappa shape index (κ1) is 22.4. The van der Waals surface area contributed by atoms with E-state index >= 15 is 0 Å². The number of thioether (sulfide) groups is 1. The van der Waals surface area contributed by atoms with Gasteiger partial charge in [0.1, 0.15) is 5.82 Å². The molecule has 0 saturated heterocycles. The summed E-state index contributed by atoms with van der Waals surface area (Å²) < 4.78 is 13.8. The van der Waals surface area contributed by atoms with Gasteiger partial charge in [0, 0.05) is 19.2 Å². The van der Waals surface area contributed by atoms with Crippen LogP contribution >= 0.6 is 11.8 Å². The van der Waals surface area contributed by atoms with Crippen LogP contribution in [-0.2, 0) is 11.8 Å². The zero-order chi connectivity index (χ0) is 23.5. The fraction of sp³-hybridized carbons (Fsp3) is 0.217. The number of carbonyl (C=O) groups is 1. The van der Waals surface area contributed by atoms with E-state index in [-0.39, 0.29) is 17.2 Å². The Morgan fingerprint density at radius 2 is 1.85 bits per heavy atom. The summed E-state index contributed by atoms with van der Waals surface area (Å²) in [6.45, 7) is 1.85. The van der Waals surface area contributed by atoms with Crippen LogP contribution in [0.5, 0.6) is 11.5 Å². The second-order valence-corrected chi connectivity index (χ2v) is 8.17. The summed E-state index contributed by atoms with van der Waals surface area (Å²) >= 11 is 1.17. The maximum Gasteiger partial charge on any atom is 0.266 e. The van der Waals surface area contributed by atoms with Gasteiger partial charge in [-0.25, -0.2) is 4.98 Å². The van der Waals surface area contributed by atoms with E-state index < -0.39 is 0 Å². The van der Waals surface area contributed by atoms with Crippen molar-refractivity contribution in [2.75, 3.05) is 25.3 Å². The van der Waals surface area contributed by atoms with E-state index in [0.29, 0.717) is 39.1 Å². The van der Waals surface area contributed by atoms with E-state index in [4.69, 9.17) is 9.47 Å². The number of ether oxygens (including phenoxy) is 2. The fourth-order valence-corrected chi connectivity index (χ4v) is 4.25. The van der Waals surface area contributed by atoms with Gasteiger partial charge in [-0.15, -0.1) is 0 Å². The largest absolute Gasteiger partial charge is 0.493 e. The highest BCUT2D eigenvalue weighted by atomic mass is 32.2. The Labute approximate surface area is 194 Å². The van der Waals surface area contributed by atoms with Gasteiger partial charge >= 0.3 is 0 Å². The summed E-state index contributed by atoms with van der Waals surface area (Å²) in [6.07, 6.45) is 0. The number of aryl methyl sites for hydroxylation is 2. The van der Waals surface area contributed by atoms with Crippen LogP contribution < -0.4 is 20.3 Å². The normalized spacial score (nSPS) is 10.9. The minimum atomic E-state index is -0.238. The van der Waals surface area contributed by atoms with E-state index in [9.17, 15) is 9.59 Å².